The highest BCUT2D eigenvalue weighted by Crippen LogP contribution is 2.56. The highest BCUT2D eigenvalue weighted by molar-refractivity contribution is 6.05. The predicted molar refractivity (Wildman–Crippen MR) is 182 cm³/mol. The van der Waals surface area contributed by atoms with E-state index in [1.54, 1.807) is 12.1 Å². The normalized spacial score (nSPS) is 11.3. The molecule has 0 bridgehead atoms. The molecule has 7 rings (SSSR count). The van der Waals surface area contributed by atoms with E-state index in [1.165, 1.54) is 0 Å². The summed E-state index contributed by atoms with van der Waals surface area (Å²) in [6.45, 7) is 15.2. The quantitative estimate of drug-likeness (QED) is 0.193. The van der Waals surface area contributed by atoms with Gasteiger partial charge in [-0.15, -0.1) is 0 Å². The Labute approximate surface area is 267 Å². The second-order valence-corrected chi connectivity index (χ2v) is 10.7. The number of para-hydroxylation sites is 6. The van der Waals surface area contributed by atoms with Gasteiger partial charge in [0.05, 0.1) is 70.5 Å². The molecule has 0 spiro atoms. The van der Waals surface area contributed by atoms with Crippen LogP contribution in [0.5, 0.6) is 0 Å². The van der Waals surface area contributed by atoms with Crippen LogP contribution in [-0.4, -0.2) is 0 Å². The molecule has 6 aromatic rings. The average molecular weight is 587 g/mol. The molecular weight excluding hydrogens is 564 g/mol. The molecule has 0 radical (unpaired) electrons. The van der Waals surface area contributed by atoms with Crippen molar-refractivity contribution >= 4 is 45.5 Å². The van der Waals surface area contributed by atoms with E-state index in [0.29, 0.717) is 22.5 Å². The van der Waals surface area contributed by atoms with Crippen LogP contribution in [0.1, 0.15) is 11.1 Å². The van der Waals surface area contributed by atoms with E-state index < -0.39 is 0 Å². The topological polar surface area (TPSA) is 62.8 Å². The Balaban J connectivity index is 1.47. The van der Waals surface area contributed by atoms with Crippen molar-refractivity contribution in [2.24, 2.45) is 0 Å². The van der Waals surface area contributed by atoms with E-state index in [4.69, 9.17) is 13.1 Å². The third kappa shape index (κ3) is 4.67. The highest BCUT2D eigenvalue weighted by Gasteiger charge is 2.32. The molecule has 0 amide bonds. The van der Waals surface area contributed by atoms with Gasteiger partial charge in [0.15, 0.2) is 11.4 Å². The lowest BCUT2D eigenvalue weighted by Gasteiger charge is -2.41. The van der Waals surface area contributed by atoms with Crippen LogP contribution in [-0.2, 0) is 0 Å². The van der Waals surface area contributed by atoms with Crippen molar-refractivity contribution in [1.82, 2.24) is 0 Å². The second-order valence-electron chi connectivity index (χ2n) is 10.7. The number of fused-ring (bicyclic) bond motifs is 2. The van der Waals surface area contributed by atoms with Gasteiger partial charge in [0.1, 0.15) is 0 Å². The molecule has 0 atom stereocenters. The first kappa shape index (κ1) is 27.7. The predicted octanol–water partition coefficient (Wildman–Crippen LogP) is 11.1. The first-order valence-corrected chi connectivity index (χ1v) is 14.5. The molecule has 6 heteroatoms. The minimum Gasteiger partial charge on any atom is -0.306 e. The zero-order valence-electron chi connectivity index (χ0n) is 24.4. The molecule has 6 aromatic carbocycles. The van der Waals surface area contributed by atoms with Crippen LogP contribution >= 0.6 is 0 Å². The second kappa shape index (κ2) is 11.5. The standard InChI is InChI=1S/C40H22N6/c1-43-31-22-30(23-32(24-31)44-2)34-12-4-6-14-36(34)46-39-17-9-7-15-37(39)45(38-16-8-10-18-40(38)46)35-13-5-3-11-33(35)29-20-27(25-41)19-28(21-29)26-42/h3-24H. The molecule has 0 fully saturated rings. The summed E-state index contributed by atoms with van der Waals surface area (Å²) in [5, 5.41) is 19.4. The summed E-state index contributed by atoms with van der Waals surface area (Å²) in [7, 11) is 0. The Morgan fingerprint density at radius 1 is 0.435 bits per heavy atom. The summed E-state index contributed by atoms with van der Waals surface area (Å²) < 4.78 is 0. The molecule has 0 aromatic heterocycles. The fourth-order valence-electron chi connectivity index (χ4n) is 6.08. The zero-order valence-corrected chi connectivity index (χ0v) is 24.4. The minimum absolute atomic E-state index is 0.417. The van der Waals surface area contributed by atoms with Gasteiger partial charge in [0, 0.05) is 11.1 Å². The number of nitriles is 2. The lowest BCUT2D eigenvalue weighted by molar-refractivity contribution is 1.17. The van der Waals surface area contributed by atoms with Gasteiger partial charge < -0.3 is 9.80 Å². The van der Waals surface area contributed by atoms with Gasteiger partial charge in [-0.2, -0.15) is 10.5 Å². The van der Waals surface area contributed by atoms with Crippen LogP contribution in [0.2, 0.25) is 0 Å². The van der Waals surface area contributed by atoms with E-state index in [1.807, 2.05) is 84.9 Å². The Kier molecular flexibility index (Phi) is 6.94. The van der Waals surface area contributed by atoms with Crippen molar-refractivity contribution < 1.29 is 0 Å². The molecule has 0 unspecified atom stereocenters. The van der Waals surface area contributed by atoms with Crippen LogP contribution in [0.25, 0.3) is 31.9 Å². The molecule has 0 aliphatic carbocycles. The lowest BCUT2D eigenvalue weighted by Crippen LogP contribution is -2.24. The van der Waals surface area contributed by atoms with E-state index in [9.17, 15) is 10.5 Å². The summed E-state index contributed by atoms with van der Waals surface area (Å²) in [4.78, 5) is 11.7. The molecule has 1 heterocycles. The Hall–Kier alpha value is -7.12. The van der Waals surface area contributed by atoms with Crippen molar-refractivity contribution in [3.63, 3.8) is 0 Å². The number of hydrogen-bond donors (Lipinski definition) is 0. The number of hydrogen-bond acceptors (Lipinski definition) is 4. The van der Waals surface area contributed by atoms with Gasteiger partial charge in [-0.1, -0.05) is 78.9 Å². The summed E-state index contributed by atoms with van der Waals surface area (Å²) >= 11 is 0. The molecule has 0 saturated heterocycles. The molecule has 0 saturated carbocycles. The largest absolute Gasteiger partial charge is 0.306 e. The molecule has 1 aliphatic rings. The maximum atomic E-state index is 9.70. The van der Waals surface area contributed by atoms with Crippen LogP contribution in [0, 0.1) is 35.8 Å². The first-order valence-electron chi connectivity index (χ1n) is 14.5. The Morgan fingerprint density at radius 2 is 0.783 bits per heavy atom. The van der Waals surface area contributed by atoms with Gasteiger partial charge in [-0.25, -0.2) is 9.69 Å². The maximum absolute atomic E-state index is 9.70. The lowest BCUT2D eigenvalue weighted by atomic mass is 9.96. The monoisotopic (exact) mass is 586 g/mol. The fourth-order valence-corrected chi connectivity index (χ4v) is 6.08. The molecule has 1 aliphatic heterocycles. The van der Waals surface area contributed by atoms with Crippen LogP contribution in [0.4, 0.5) is 45.5 Å². The summed E-state index contributed by atoms with van der Waals surface area (Å²) in [5.74, 6) is 0. The van der Waals surface area contributed by atoms with E-state index in [2.05, 4.69) is 68.0 Å². The first-order chi connectivity index (χ1) is 22.6. The molecule has 46 heavy (non-hydrogen) atoms. The van der Waals surface area contributed by atoms with Crippen LogP contribution in [0.15, 0.2) is 133 Å². The fraction of sp³-hybridized carbons (Fsp3) is 0. The molecule has 0 N–H and O–H groups in total. The van der Waals surface area contributed by atoms with Gasteiger partial charge in [0.2, 0.25) is 0 Å². The third-order valence-corrected chi connectivity index (χ3v) is 7.99. The summed E-state index contributed by atoms with van der Waals surface area (Å²) in [6, 6.07) is 47.3. The van der Waals surface area contributed by atoms with Gasteiger partial charge in [0.25, 0.3) is 0 Å². The van der Waals surface area contributed by atoms with E-state index in [0.717, 1.165) is 56.4 Å². The number of benzene rings is 6. The van der Waals surface area contributed by atoms with Crippen molar-refractivity contribution in [3.05, 3.63) is 167 Å². The van der Waals surface area contributed by atoms with Crippen molar-refractivity contribution in [1.29, 1.82) is 10.5 Å². The summed E-state index contributed by atoms with van der Waals surface area (Å²) in [6.07, 6.45) is 0. The average Bonchev–Trinajstić information content (AvgIpc) is 3.13. The van der Waals surface area contributed by atoms with Crippen molar-refractivity contribution in [2.45, 2.75) is 0 Å². The smallest absolute Gasteiger partial charge is 0.177 e. The van der Waals surface area contributed by atoms with Crippen molar-refractivity contribution in [2.75, 3.05) is 9.80 Å². The SMILES string of the molecule is [C-]#[N+]c1cc([N+]#[C-])cc(-c2ccccc2N2c3ccccc3N(c3ccccc3-c3cc(C#N)cc(C#N)c3)c3ccccc32)c1. The van der Waals surface area contributed by atoms with E-state index in [-0.39, 0.29) is 0 Å². The number of rotatable bonds is 4. The molecular formula is C40H22N6. The third-order valence-electron chi connectivity index (χ3n) is 7.99. The molecule has 212 valence electrons. The Bertz CT molecular complexity index is 2070. The highest BCUT2D eigenvalue weighted by atomic mass is 15.3. The zero-order chi connectivity index (χ0) is 31.6. The van der Waals surface area contributed by atoms with Crippen LogP contribution < -0.4 is 9.80 Å². The van der Waals surface area contributed by atoms with Crippen molar-refractivity contribution in [3.8, 4) is 34.4 Å². The van der Waals surface area contributed by atoms with E-state index >= 15 is 0 Å². The summed E-state index contributed by atoms with van der Waals surface area (Å²) in [5.41, 5.74) is 10.6. The van der Waals surface area contributed by atoms with Gasteiger partial charge >= 0.3 is 0 Å². The van der Waals surface area contributed by atoms with Gasteiger partial charge in [-0.05, 0) is 65.7 Å². The number of nitrogens with zero attached hydrogens (tertiary/aromatic N) is 6. The number of anilines is 6. The van der Waals surface area contributed by atoms with Gasteiger partial charge in [-0.3, -0.25) is 0 Å². The Morgan fingerprint density at radius 3 is 1.15 bits per heavy atom. The van der Waals surface area contributed by atoms with Crippen LogP contribution in [0.3, 0.4) is 0 Å². The maximum Gasteiger partial charge on any atom is 0.177 e. The minimum atomic E-state index is 0.417. The molecule has 6 nitrogen and oxygen atoms in total.